The van der Waals surface area contributed by atoms with Crippen molar-refractivity contribution in [3.63, 3.8) is 0 Å². The van der Waals surface area contributed by atoms with E-state index in [4.69, 9.17) is 4.74 Å². The standard InChI is InChI=1S/C22H31N3O2/c1-5-25-17(4)20(13-23-25)15-24-11-7-9-19(14-24)22(26)18-8-6-10-21(12-18)27-16(2)3/h6,8,10,12-13,16,19H,5,7,9,11,14-15H2,1-4H3/t19-/m0/s1. The normalized spacial score (nSPS) is 18.0. The molecule has 1 fully saturated rings. The fraction of sp³-hybridized carbons (Fsp3) is 0.545. The van der Waals surface area contributed by atoms with Crippen LogP contribution in [0.2, 0.25) is 0 Å². The van der Waals surface area contributed by atoms with E-state index < -0.39 is 0 Å². The summed E-state index contributed by atoms with van der Waals surface area (Å²) in [4.78, 5) is 15.4. The van der Waals surface area contributed by atoms with Gasteiger partial charge in [0.1, 0.15) is 5.75 Å². The molecule has 0 bridgehead atoms. The van der Waals surface area contributed by atoms with Crippen LogP contribution in [0.1, 0.15) is 55.2 Å². The zero-order valence-electron chi connectivity index (χ0n) is 16.9. The number of Topliss-reactive ketones (excluding diaryl/α,β-unsaturated/α-hetero) is 1. The molecule has 0 aliphatic carbocycles. The maximum atomic E-state index is 13.1. The van der Waals surface area contributed by atoms with Crippen molar-refractivity contribution in [2.24, 2.45) is 5.92 Å². The van der Waals surface area contributed by atoms with Crippen molar-refractivity contribution < 1.29 is 9.53 Å². The molecular weight excluding hydrogens is 338 g/mol. The van der Waals surface area contributed by atoms with Gasteiger partial charge in [0.05, 0.1) is 12.3 Å². The van der Waals surface area contributed by atoms with Gasteiger partial charge in [-0.1, -0.05) is 12.1 Å². The molecular formula is C22H31N3O2. The Morgan fingerprint density at radius 2 is 2.19 bits per heavy atom. The first-order valence-corrected chi connectivity index (χ1v) is 10.0. The predicted molar refractivity (Wildman–Crippen MR) is 107 cm³/mol. The number of nitrogens with zero attached hydrogens (tertiary/aromatic N) is 3. The van der Waals surface area contributed by atoms with Gasteiger partial charge >= 0.3 is 0 Å². The average molecular weight is 370 g/mol. The number of piperidine rings is 1. The minimum atomic E-state index is 0.0505. The highest BCUT2D eigenvalue weighted by molar-refractivity contribution is 5.98. The van der Waals surface area contributed by atoms with E-state index in [1.54, 1.807) is 0 Å². The maximum Gasteiger partial charge on any atom is 0.167 e. The molecule has 5 heteroatoms. The summed E-state index contributed by atoms with van der Waals surface area (Å²) in [5.41, 5.74) is 3.25. The van der Waals surface area contributed by atoms with Gasteiger partial charge in [0.2, 0.25) is 0 Å². The van der Waals surface area contributed by atoms with Gasteiger partial charge in [0, 0.05) is 42.4 Å². The predicted octanol–water partition coefficient (Wildman–Crippen LogP) is 4.09. The van der Waals surface area contributed by atoms with Crippen LogP contribution in [0.4, 0.5) is 0 Å². The van der Waals surface area contributed by atoms with E-state index >= 15 is 0 Å². The van der Waals surface area contributed by atoms with Crippen molar-refractivity contribution in [1.82, 2.24) is 14.7 Å². The summed E-state index contributed by atoms with van der Waals surface area (Å²) in [5.74, 6) is 1.05. The number of hydrogen-bond acceptors (Lipinski definition) is 4. The van der Waals surface area contributed by atoms with Crippen LogP contribution in [-0.4, -0.2) is 39.7 Å². The van der Waals surface area contributed by atoms with E-state index in [9.17, 15) is 4.79 Å². The number of ketones is 1. The Morgan fingerprint density at radius 3 is 2.89 bits per heavy atom. The molecule has 1 atom stereocenters. The van der Waals surface area contributed by atoms with E-state index in [0.717, 1.165) is 50.3 Å². The molecule has 1 saturated heterocycles. The summed E-state index contributed by atoms with van der Waals surface area (Å²) in [6.45, 7) is 11.8. The summed E-state index contributed by atoms with van der Waals surface area (Å²) in [6, 6.07) is 7.62. The van der Waals surface area contributed by atoms with Crippen LogP contribution in [0.15, 0.2) is 30.5 Å². The molecule has 2 aromatic rings. The van der Waals surface area contributed by atoms with Crippen LogP contribution in [0.25, 0.3) is 0 Å². The summed E-state index contributed by atoms with van der Waals surface area (Å²) in [7, 11) is 0. The lowest BCUT2D eigenvalue weighted by Gasteiger charge is -2.32. The molecule has 0 saturated carbocycles. The number of rotatable bonds is 7. The summed E-state index contributed by atoms with van der Waals surface area (Å²) >= 11 is 0. The minimum Gasteiger partial charge on any atom is -0.491 e. The van der Waals surface area contributed by atoms with Gasteiger partial charge < -0.3 is 4.74 Å². The fourth-order valence-electron chi connectivity index (χ4n) is 3.84. The molecule has 0 N–H and O–H groups in total. The molecule has 3 rings (SSSR count). The Hall–Kier alpha value is -2.14. The van der Waals surface area contributed by atoms with Gasteiger partial charge in [-0.15, -0.1) is 0 Å². The quantitative estimate of drug-likeness (QED) is 0.690. The van der Waals surface area contributed by atoms with Crippen LogP contribution < -0.4 is 4.74 Å². The second kappa shape index (κ2) is 8.70. The molecule has 1 aromatic heterocycles. The van der Waals surface area contributed by atoms with Gasteiger partial charge in [0.25, 0.3) is 0 Å². The Morgan fingerprint density at radius 1 is 1.37 bits per heavy atom. The third-order valence-corrected chi connectivity index (χ3v) is 5.26. The number of aryl methyl sites for hydroxylation is 1. The minimum absolute atomic E-state index is 0.0505. The van der Waals surface area contributed by atoms with Crippen LogP contribution in [0.3, 0.4) is 0 Å². The number of carbonyl (C=O) groups excluding carboxylic acids is 1. The second-order valence-corrected chi connectivity index (χ2v) is 7.70. The lowest BCUT2D eigenvalue weighted by atomic mass is 9.89. The third kappa shape index (κ3) is 4.78. The molecule has 0 spiro atoms. The van der Waals surface area contributed by atoms with Crippen molar-refractivity contribution in [2.45, 2.75) is 59.7 Å². The monoisotopic (exact) mass is 369 g/mol. The smallest absolute Gasteiger partial charge is 0.167 e. The molecule has 1 aliphatic rings. The third-order valence-electron chi connectivity index (χ3n) is 5.26. The first-order valence-electron chi connectivity index (χ1n) is 10.0. The van der Waals surface area contributed by atoms with Crippen LogP contribution in [0, 0.1) is 12.8 Å². The first kappa shape index (κ1) is 19.6. The molecule has 1 aliphatic heterocycles. The highest BCUT2D eigenvalue weighted by Gasteiger charge is 2.27. The Balaban J connectivity index is 1.66. The number of hydrogen-bond donors (Lipinski definition) is 0. The Bertz CT molecular complexity index is 782. The van der Waals surface area contributed by atoms with Gasteiger partial charge in [-0.25, -0.2) is 0 Å². The van der Waals surface area contributed by atoms with E-state index in [1.807, 2.05) is 49.0 Å². The highest BCUT2D eigenvalue weighted by Crippen LogP contribution is 2.25. The topological polar surface area (TPSA) is 47.4 Å². The van der Waals surface area contributed by atoms with E-state index in [2.05, 4.69) is 23.8 Å². The molecule has 1 aromatic carbocycles. The van der Waals surface area contributed by atoms with Crippen LogP contribution in [0.5, 0.6) is 5.75 Å². The summed E-state index contributed by atoms with van der Waals surface area (Å²) in [5, 5.41) is 4.44. The van der Waals surface area contributed by atoms with E-state index in [1.165, 1.54) is 11.3 Å². The molecule has 146 valence electrons. The molecule has 2 heterocycles. The van der Waals surface area contributed by atoms with Crippen molar-refractivity contribution in [3.05, 3.63) is 47.3 Å². The maximum absolute atomic E-state index is 13.1. The Labute approximate surface area is 162 Å². The lowest BCUT2D eigenvalue weighted by molar-refractivity contribution is 0.0810. The summed E-state index contributed by atoms with van der Waals surface area (Å²) < 4.78 is 7.78. The van der Waals surface area contributed by atoms with E-state index in [-0.39, 0.29) is 17.8 Å². The molecule has 0 radical (unpaired) electrons. The van der Waals surface area contributed by atoms with Gasteiger partial charge in [-0.3, -0.25) is 14.4 Å². The highest BCUT2D eigenvalue weighted by atomic mass is 16.5. The number of benzene rings is 1. The van der Waals surface area contributed by atoms with Gasteiger partial charge in [-0.2, -0.15) is 5.10 Å². The lowest BCUT2D eigenvalue weighted by Crippen LogP contribution is -2.38. The fourth-order valence-corrected chi connectivity index (χ4v) is 3.84. The van der Waals surface area contributed by atoms with E-state index in [0.29, 0.717) is 0 Å². The number of aromatic nitrogens is 2. The van der Waals surface area contributed by atoms with Crippen LogP contribution in [-0.2, 0) is 13.1 Å². The van der Waals surface area contributed by atoms with Gasteiger partial charge in [0.15, 0.2) is 5.78 Å². The zero-order chi connectivity index (χ0) is 19.4. The van der Waals surface area contributed by atoms with Gasteiger partial charge in [-0.05, 0) is 59.2 Å². The second-order valence-electron chi connectivity index (χ2n) is 7.70. The van der Waals surface area contributed by atoms with Crippen molar-refractivity contribution in [1.29, 1.82) is 0 Å². The molecule has 5 nitrogen and oxygen atoms in total. The number of ether oxygens (including phenoxy) is 1. The Kier molecular flexibility index (Phi) is 6.32. The molecule has 0 unspecified atom stereocenters. The summed E-state index contributed by atoms with van der Waals surface area (Å²) in [6.07, 6.45) is 4.08. The number of likely N-dealkylation sites (tertiary alicyclic amines) is 1. The number of carbonyl (C=O) groups is 1. The molecule has 27 heavy (non-hydrogen) atoms. The zero-order valence-corrected chi connectivity index (χ0v) is 16.9. The van der Waals surface area contributed by atoms with Crippen molar-refractivity contribution in [2.75, 3.05) is 13.1 Å². The average Bonchev–Trinajstić information content (AvgIpc) is 3.00. The first-order chi connectivity index (χ1) is 13.0. The van der Waals surface area contributed by atoms with Crippen molar-refractivity contribution in [3.8, 4) is 5.75 Å². The largest absolute Gasteiger partial charge is 0.491 e. The molecule has 0 amide bonds. The van der Waals surface area contributed by atoms with Crippen LogP contribution >= 0.6 is 0 Å². The SMILES string of the molecule is CCn1ncc(CN2CCC[C@H](C(=O)c3cccc(OC(C)C)c3)C2)c1C. The van der Waals surface area contributed by atoms with Crippen molar-refractivity contribution >= 4 is 5.78 Å².